The third-order valence-corrected chi connectivity index (χ3v) is 10.5. The molecule has 15 heteroatoms. The van der Waals surface area contributed by atoms with Crippen molar-refractivity contribution < 1.29 is 29.2 Å². The van der Waals surface area contributed by atoms with E-state index in [1.165, 1.54) is 6.07 Å². The van der Waals surface area contributed by atoms with Crippen molar-refractivity contribution in [2.45, 2.75) is 51.6 Å². The Bertz CT molecular complexity index is 2310. The third kappa shape index (κ3) is 9.09. The van der Waals surface area contributed by atoms with Gasteiger partial charge < -0.3 is 30.3 Å². The molecule has 0 unspecified atom stereocenters. The smallest absolute Gasteiger partial charge is 0.484 e. The van der Waals surface area contributed by atoms with Crippen LogP contribution < -0.4 is 20.8 Å². The molecule has 4 aromatic carbocycles. The van der Waals surface area contributed by atoms with Crippen LogP contribution in [-0.2, 0) is 16.1 Å². The lowest BCUT2D eigenvalue weighted by Gasteiger charge is -2.32. The molecule has 0 saturated carbocycles. The fourth-order valence-electron chi connectivity index (χ4n) is 7.37. The first kappa shape index (κ1) is 39.4. The molecule has 1 atom stereocenters. The van der Waals surface area contributed by atoms with Crippen molar-refractivity contribution in [2.24, 2.45) is 4.99 Å². The minimum absolute atomic E-state index is 0.0823. The van der Waals surface area contributed by atoms with E-state index in [1.54, 1.807) is 41.3 Å². The Hall–Kier alpha value is -5.83. The summed E-state index contributed by atoms with van der Waals surface area (Å²) < 4.78 is 7.95. The summed E-state index contributed by atoms with van der Waals surface area (Å²) in [6.07, 6.45) is 1.66. The number of nitrogens with zero attached hydrogens (tertiary/aromatic N) is 5. The van der Waals surface area contributed by atoms with Crippen molar-refractivity contribution >= 4 is 47.6 Å². The van der Waals surface area contributed by atoms with Gasteiger partial charge in [-0.05, 0) is 91.7 Å². The molecule has 3 heterocycles. The number of ether oxygens (including phenoxy) is 1. The average Bonchev–Trinajstić information content (AvgIpc) is 3.55. The number of carbonyl (C=O) groups excluding carboxylic acids is 3. The maximum atomic E-state index is 13.1. The predicted molar refractivity (Wildman–Crippen MR) is 217 cm³/mol. The van der Waals surface area contributed by atoms with Crippen LogP contribution in [0.15, 0.2) is 96.0 Å². The van der Waals surface area contributed by atoms with Gasteiger partial charge in [-0.15, -0.1) is 10.2 Å². The summed E-state index contributed by atoms with van der Waals surface area (Å²) in [5.74, 6) is 1.34. The van der Waals surface area contributed by atoms with Crippen molar-refractivity contribution in [1.82, 2.24) is 30.3 Å². The number of nitrogens with one attached hydrogen (secondary N) is 2. The molecule has 292 valence electrons. The van der Waals surface area contributed by atoms with Crippen molar-refractivity contribution in [1.29, 1.82) is 0 Å². The second-order valence-electron chi connectivity index (χ2n) is 14.2. The second-order valence-corrected chi connectivity index (χ2v) is 14.6. The van der Waals surface area contributed by atoms with Crippen LogP contribution in [-0.4, -0.2) is 86.5 Å². The summed E-state index contributed by atoms with van der Waals surface area (Å²) in [7, 11) is -1.63. The van der Waals surface area contributed by atoms with Crippen molar-refractivity contribution in [3.8, 4) is 11.4 Å². The zero-order valence-electron chi connectivity index (χ0n) is 31.7. The van der Waals surface area contributed by atoms with Gasteiger partial charge in [0, 0.05) is 47.9 Å². The molecule has 0 aliphatic carbocycles. The van der Waals surface area contributed by atoms with E-state index in [9.17, 15) is 24.4 Å². The lowest BCUT2D eigenvalue weighted by atomic mass is 9.79. The van der Waals surface area contributed by atoms with Crippen LogP contribution in [0.3, 0.4) is 0 Å². The van der Waals surface area contributed by atoms with E-state index in [-0.39, 0.29) is 42.1 Å². The number of benzene rings is 4. The SMILES string of the molecule is CCNC(=O)C[C@@H]1N=C(c2ccc(Cl)cc2)c2cc(OCC(=O)NCc3cccc(C4CCN(C(=O)c5cccc(B(O)O)c5)CC4)c3)ccc2-n2c(C)nnc21. The Balaban J connectivity index is 1.00. The number of aliphatic imine (C=N–C) groups is 1. The molecule has 2 aliphatic rings. The summed E-state index contributed by atoms with van der Waals surface area (Å²) >= 11 is 6.24. The van der Waals surface area contributed by atoms with Gasteiger partial charge in [0.1, 0.15) is 17.6 Å². The van der Waals surface area contributed by atoms with Gasteiger partial charge in [-0.1, -0.05) is 60.1 Å². The highest BCUT2D eigenvalue weighted by molar-refractivity contribution is 6.58. The van der Waals surface area contributed by atoms with E-state index in [1.807, 2.05) is 54.8 Å². The highest BCUT2D eigenvalue weighted by Gasteiger charge is 2.30. The first-order valence-electron chi connectivity index (χ1n) is 19.0. The molecule has 0 spiro atoms. The third-order valence-electron chi connectivity index (χ3n) is 10.3. The molecule has 4 N–H and O–H groups in total. The van der Waals surface area contributed by atoms with Crippen LogP contribution in [0, 0.1) is 6.92 Å². The molecular weight excluding hydrogens is 745 g/mol. The lowest BCUT2D eigenvalue weighted by molar-refractivity contribution is -0.123. The van der Waals surface area contributed by atoms with E-state index in [0.717, 1.165) is 40.8 Å². The quantitative estimate of drug-likeness (QED) is 0.137. The van der Waals surface area contributed by atoms with E-state index in [2.05, 4.69) is 33.0 Å². The van der Waals surface area contributed by atoms with Gasteiger partial charge >= 0.3 is 7.12 Å². The molecule has 0 bridgehead atoms. The summed E-state index contributed by atoms with van der Waals surface area (Å²) in [5.41, 5.74) is 5.73. The van der Waals surface area contributed by atoms with E-state index < -0.39 is 13.2 Å². The number of rotatable bonds is 12. The summed E-state index contributed by atoms with van der Waals surface area (Å²) in [6.45, 7) is 5.48. The first-order valence-corrected chi connectivity index (χ1v) is 19.4. The van der Waals surface area contributed by atoms with E-state index in [4.69, 9.17) is 21.3 Å². The number of hydrogen-bond donors (Lipinski definition) is 4. The fourth-order valence-corrected chi connectivity index (χ4v) is 7.50. The fraction of sp³-hybridized carbons (Fsp3) is 0.286. The number of likely N-dealkylation sites (tertiary alicyclic amines) is 1. The monoisotopic (exact) mass is 787 g/mol. The molecule has 0 radical (unpaired) electrons. The number of amides is 3. The Morgan fingerprint density at radius 1 is 0.912 bits per heavy atom. The van der Waals surface area contributed by atoms with Crippen molar-refractivity contribution in [3.63, 3.8) is 0 Å². The van der Waals surface area contributed by atoms with Crippen LogP contribution in [0.2, 0.25) is 5.02 Å². The maximum absolute atomic E-state index is 13.1. The summed E-state index contributed by atoms with van der Waals surface area (Å²) in [5, 5.41) is 34.2. The Kier molecular flexibility index (Phi) is 12.1. The first-order chi connectivity index (χ1) is 27.6. The predicted octanol–water partition coefficient (Wildman–Crippen LogP) is 4.04. The zero-order chi connectivity index (χ0) is 40.1. The Labute approximate surface area is 335 Å². The normalized spacial score (nSPS) is 15.1. The molecule has 1 aromatic heterocycles. The topological polar surface area (TPSA) is 171 Å². The molecule has 1 fully saturated rings. The number of piperidine rings is 1. The molecular formula is C42H43BClN7O6. The van der Waals surface area contributed by atoms with Gasteiger partial charge in [0.15, 0.2) is 12.4 Å². The molecule has 7 rings (SSSR count). The number of aromatic nitrogens is 3. The molecule has 2 aliphatic heterocycles. The van der Waals surface area contributed by atoms with Crippen molar-refractivity contribution in [3.05, 3.63) is 135 Å². The minimum Gasteiger partial charge on any atom is -0.484 e. The van der Waals surface area contributed by atoms with Crippen LogP contribution in [0.25, 0.3) is 5.69 Å². The number of hydrogen-bond acceptors (Lipinski definition) is 9. The molecule has 5 aromatic rings. The number of halogens is 1. The molecule has 57 heavy (non-hydrogen) atoms. The van der Waals surface area contributed by atoms with Gasteiger partial charge in [-0.2, -0.15) is 0 Å². The largest absolute Gasteiger partial charge is 0.488 e. The van der Waals surface area contributed by atoms with E-state index >= 15 is 0 Å². The summed E-state index contributed by atoms with van der Waals surface area (Å²) in [4.78, 5) is 45.9. The van der Waals surface area contributed by atoms with Gasteiger partial charge in [0.05, 0.1) is 17.8 Å². The molecule has 13 nitrogen and oxygen atoms in total. The zero-order valence-corrected chi connectivity index (χ0v) is 32.4. The number of carbonyl (C=O) groups is 3. The molecule has 3 amide bonds. The van der Waals surface area contributed by atoms with E-state index in [0.29, 0.717) is 59.9 Å². The number of fused-ring (bicyclic) bond motifs is 3. The van der Waals surface area contributed by atoms with Gasteiger partial charge in [0.25, 0.3) is 11.8 Å². The van der Waals surface area contributed by atoms with Crippen molar-refractivity contribution in [2.75, 3.05) is 26.2 Å². The average molecular weight is 788 g/mol. The lowest BCUT2D eigenvalue weighted by Crippen LogP contribution is -2.39. The van der Waals surface area contributed by atoms with Gasteiger partial charge in [0.2, 0.25) is 5.91 Å². The van der Waals surface area contributed by atoms with Gasteiger partial charge in [-0.25, -0.2) is 0 Å². The standard InChI is InChI=1S/C42H43BClN7O6/c1-3-45-38(52)23-36-41-49-48-26(2)51(41)37-15-14-34(22-35(37)40(47-36)29-10-12-33(44)13-11-29)57-25-39(53)46-24-27-6-4-7-30(20-27)28-16-18-50(19-17-28)42(54)31-8-5-9-32(21-31)43(55)56/h4-15,20-22,28,36,55-56H,3,16-19,23-25H2,1-2H3,(H,45,52)(H,46,53)/t36-/m0/s1. The minimum atomic E-state index is -1.63. The summed E-state index contributed by atoms with van der Waals surface area (Å²) in [6, 6.07) is 26.8. The molecule has 1 saturated heterocycles. The second kappa shape index (κ2) is 17.5. The Morgan fingerprint density at radius 2 is 1.68 bits per heavy atom. The highest BCUT2D eigenvalue weighted by atomic mass is 35.5. The van der Waals surface area contributed by atoms with Gasteiger partial charge in [-0.3, -0.25) is 23.9 Å². The van der Waals surface area contributed by atoms with Crippen LogP contribution in [0.4, 0.5) is 0 Å². The maximum Gasteiger partial charge on any atom is 0.488 e. The van der Waals surface area contributed by atoms with Crippen LogP contribution in [0.5, 0.6) is 5.75 Å². The Morgan fingerprint density at radius 3 is 2.44 bits per heavy atom. The number of aryl methyl sites for hydroxylation is 1. The highest BCUT2D eigenvalue weighted by Crippen LogP contribution is 2.35. The van der Waals surface area contributed by atoms with Crippen LogP contribution in [0.1, 0.15) is 82.4 Å². The van der Waals surface area contributed by atoms with Crippen LogP contribution >= 0.6 is 11.6 Å².